The third-order valence-corrected chi connectivity index (χ3v) is 4.57. The number of aldehydes is 2. The van der Waals surface area contributed by atoms with Crippen LogP contribution in [0.1, 0.15) is 28.9 Å². The van der Waals surface area contributed by atoms with Crippen LogP contribution in [-0.4, -0.2) is 51.5 Å². The second-order valence-corrected chi connectivity index (χ2v) is 6.89. The number of carbonyl (C=O) groups excluding carboxylic acids is 3. The standard InChI is InChI=1S/C20H22N8O3/c1-28(10-14-9-23-18-16(24-14)17(21)26-20(22)27-18)15-6-4-12(5-7-15)19(31)25-13(11-30)3-2-8-29/h4-9,11,13H,2-3,10H2,1H3,(H,25,31)(H4,21,22,23,26,27). The highest BCUT2D eigenvalue weighted by molar-refractivity contribution is 5.96. The molecule has 1 aromatic carbocycles. The van der Waals surface area contributed by atoms with Crippen molar-refractivity contribution in [3.05, 3.63) is 47.2 Å². The average molecular weight is 422 g/mol. The van der Waals surface area contributed by atoms with Crippen molar-refractivity contribution in [2.75, 3.05) is 17.7 Å². The van der Waals surface area contributed by atoms with Crippen LogP contribution in [0, 0.1) is 5.41 Å². The number of nitrogen functional groups attached to an aromatic ring is 1. The molecule has 160 valence electrons. The predicted octanol–water partition coefficient (Wildman–Crippen LogP) is 0.327. The Morgan fingerprint density at radius 2 is 2.03 bits per heavy atom. The highest BCUT2D eigenvalue weighted by Crippen LogP contribution is 2.16. The Hall–Kier alpha value is -4.15. The number of H-pyrrole nitrogens is 1. The van der Waals surface area contributed by atoms with Crippen LogP contribution < -0.4 is 21.4 Å². The molecule has 3 rings (SSSR count). The molecule has 0 aliphatic heterocycles. The lowest BCUT2D eigenvalue weighted by atomic mass is 10.1. The average Bonchev–Trinajstić information content (AvgIpc) is 2.76. The molecule has 0 fully saturated rings. The number of carbonyl (C=O) groups is 3. The summed E-state index contributed by atoms with van der Waals surface area (Å²) in [5.41, 5.74) is 8.11. The number of amides is 1. The molecule has 1 atom stereocenters. The molecule has 0 radical (unpaired) electrons. The van der Waals surface area contributed by atoms with Gasteiger partial charge in [-0.15, -0.1) is 0 Å². The van der Waals surface area contributed by atoms with Crippen molar-refractivity contribution in [3.8, 4) is 0 Å². The Labute approximate surface area is 177 Å². The molecule has 2 heterocycles. The van der Waals surface area contributed by atoms with Crippen LogP contribution in [0.3, 0.4) is 0 Å². The van der Waals surface area contributed by atoms with Gasteiger partial charge in [0.05, 0.1) is 24.5 Å². The summed E-state index contributed by atoms with van der Waals surface area (Å²) < 4.78 is 0. The van der Waals surface area contributed by atoms with E-state index < -0.39 is 6.04 Å². The third-order valence-electron chi connectivity index (χ3n) is 4.57. The fourth-order valence-electron chi connectivity index (χ4n) is 2.95. The van der Waals surface area contributed by atoms with Crippen molar-refractivity contribution < 1.29 is 14.4 Å². The van der Waals surface area contributed by atoms with Gasteiger partial charge in [0.15, 0.2) is 16.7 Å². The van der Waals surface area contributed by atoms with E-state index in [4.69, 9.17) is 11.1 Å². The molecule has 2 aromatic heterocycles. The van der Waals surface area contributed by atoms with E-state index in [0.717, 1.165) is 5.69 Å². The van der Waals surface area contributed by atoms with Crippen molar-refractivity contribution >= 4 is 41.3 Å². The largest absolute Gasteiger partial charge is 0.369 e. The molecule has 0 saturated heterocycles. The molecule has 11 heteroatoms. The Kier molecular flexibility index (Phi) is 6.65. The highest BCUT2D eigenvalue weighted by Gasteiger charge is 2.13. The topological polar surface area (TPSA) is 171 Å². The van der Waals surface area contributed by atoms with Crippen molar-refractivity contribution in [3.63, 3.8) is 0 Å². The lowest BCUT2D eigenvalue weighted by molar-refractivity contribution is -0.110. The van der Waals surface area contributed by atoms with Gasteiger partial charge in [-0.05, 0) is 30.7 Å². The second-order valence-electron chi connectivity index (χ2n) is 6.89. The zero-order valence-electron chi connectivity index (χ0n) is 16.8. The number of nitrogens with zero attached hydrogens (tertiary/aromatic N) is 4. The van der Waals surface area contributed by atoms with E-state index in [2.05, 4.69) is 25.3 Å². The normalized spacial score (nSPS) is 11.6. The summed E-state index contributed by atoms with van der Waals surface area (Å²) in [5, 5.41) is 10.5. The van der Waals surface area contributed by atoms with Crippen molar-refractivity contribution in [2.24, 2.45) is 0 Å². The number of fused-ring (bicyclic) bond motifs is 1. The van der Waals surface area contributed by atoms with Crippen LogP contribution in [0.2, 0.25) is 0 Å². The number of aromatic amines is 1. The van der Waals surface area contributed by atoms with Crippen molar-refractivity contribution in [1.82, 2.24) is 25.3 Å². The Bertz CT molecular complexity index is 1160. The summed E-state index contributed by atoms with van der Waals surface area (Å²) in [6.07, 6.45) is 3.38. The maximum absolute atomic E-state index is 12.3. The van der Waals surface area contributed by atoms with E-state index in [1.54, 1.807) is 30.5 Å². The number of anilines is 2. The van der Waals surface area contributed by atoms with Crippen LogP contribution in [0.4, 0.5) is 11.6 Å². The van der Waals surface area contributed by atoms with Gasteiger partial charge in [-0.2, -0.15) is 4.98 Å². The zero-order valence-corrected chi connectivity index (χ0v) is 16.8. The van der Waals surface area contributed by atoms with Gasteiger partial charge in [0.25, 0.3) is 5.91 Å². The maximum Gasteiger partial charge on any atom is 0.251 e. The van der Waals surface area contributed by atoms with Crippen molar-refractivity contribution in [1.29, 1.82) is 5.41 Å². The molecule has 3 aromatic rings. The van der Waals surface area contributed by atoms with Gasteiger partial charge in [0, 0.05) is 24.7 Å². The molecule has 11 nitrogen and oxygen atoms in total. The summed E-state index contributed by atoms with van der Waals surface area (Å²) in [5.74, 6) is -0.285. The molecular weight excluding hydrogens is 400 g/mol. The van der Waals surface area contributed by atoms with E-state index in [0.29, 0.717) is 41.5 Å². The fourth-order valence-corrected chi connectivity index (χ4v) is 2.95. The van der Waals surface area contributed by atoms with Gasteiger partial charge in [-0.1, -0.05) is 0 Å². The molecule has 1 unspecified atom stereocenters. The monoisotopic (exact) mass is 422 g/mol. The van der Waals surface area contributed by atoms with E-state index in [9.17, 15) is 14.4 Å². The summed E-state index contributed by atoms with van der Waals surface area (Å²) in [4.78, 5) is 51.0. The third kappa shape index (κ3) is 5.26. The van der Waals surface area contributed by atoms with Gasteiger partial charge >= 0.3 is 0 Å². The predicted molar refractivity (Wildman–Crippen MR) is 113 cm³/mol. The van der Waals surface area contributed by atoms with E-state index in [1.165, 1.54) is 0 Å². The SMILES string of the molecule is CN(Cc1cnc2nc(N)[nH]c(=N)c2n1)c1ccc(C(=O)NC(C=O)CCC=O)cc1. The smallest absolute Gasteiger partial charge is 0.251 e. The first-order valence-corrected chi connectivity index (χ1v) is 9.48. The maximum atomic E-state index is 12.3. The number of hydrogen-bond donors (Lipinski definition) is 4. The van der Waals surface area contributed by atoms with Crippen LogP contribution in [-0.2, 0) is 16.1 Å². The zero-order chi connectivity index (χ0) is 22.4. The molecule has 0 aliphatic rings. The summed E-state index contributed by atoms with van der Waals surface area (Å²) in [6.45, 7) is 0.414. The molecule has 0 aliphatic carbocycles. The molecule has 31 heavy (non-hydrogen) atoms. The summed E-state index contributed by atoms with van der Waals surface area (Å²) in [7, 11) is 1.86. The van der Waals surface area contributed by atoms with E-state index in [1.807, 2.05) is 11.9 Å². The minimum absolute atomic E-state index is 0.0386. The van der Waals surface area contributed by atoms with Gasteiger partial charge < -0.3 is 30.5 Å². The van der Waals surface area contributed by atoms with Gasteiger partial charge in [0.1, 0.15) is 12.6 Å². The first-order chi connectivity index (χ1) is 14.9. The Morgan fingerprint density at radius 3 is 2.71 bits per heavy atom. The van der Waals surface area contributed by atoms with E-state index >= 15 is 0 Å². The summed E-state index contributed by atoms with van der Waals surface area (Å²) in [6, 6.07) is 6.15. The quantitative estimate of drug-likeness (QED) is 0.357. The van der Waals surface area contributed by atoms with Gasteiger partial charge in [-0.3, -0.25) is 10.2 Å². The molecule has 0 spiro atoms. The van der Waals surface area contributed by atoms with Crippen LogP contribution in [0.25, 0.3) is 11.2 Å². The van der Waals surface area contributed by atoms with Gasteiger partial charge in [0.2, 0.25) is 5.95 Å². The van der Waals surface area contributed by atoms with Crippen molar-refractivity contribution in [2.45, 2.75) is 25.4 Å². The molecule has 0 saturated carbocycles. The molecule has 5 N–H and O–H groups in total. The second kappa shape index (κ2) is 9.57. The van der Waals surface area contributed by atoms with E-state index in [-0.39, 0.29) is 30.2 Å². The lowest BCUT2D eigenvalue weighted by Gasteiger charge is -2.19. The Morgan fingerprint density at radius 1 is 1.29 bits per heavy atom. The number of nitrogens with two attached hydrogens (primary N) is 1. The van der Waals surface area contributed by atoms with Crippen LogP contribution >= 0.6 is 0 Å². The van der Waals surface area contributed by atoms with Gasteiger partial charge in [-0.25, -0.2) is 9.97 Å². The van der Waals surface area contributed by atoms with Crippen LogP contribution in [0.15, 0.2) is 30.5 Å². The van der Waals surface area contributed by atoms with Crippen LogP contribution in [0.5, 0.6) is 0 Å². The molecular formula is C20H22N8O3. The number of nitrogens with one attached hydrogen (secondary N) is 3. The molecule has 0 bridgehead atoms. The summed E-state index contributed by atoms with van der Waals surface area (Å²) >= 11 is 0. The first kappa shape index (κ1) is 21.6. The first-order valence-electron chi connectivity index (χ1n) is 9.48. The highest BCUT2D eigenvalue weighted by atomic mass is 16.2. The fraction of sp³-hybridized carbons (Fsp3) is 0.250. The number of aromatic nitrogens is 4. The minimum atomic E-state index is -0.699. The number of rotatable bonds is 9. The Balaban J connectivity index is 1.69. The number of benzene rings is 1. The lowest BCUT2D eigenvalue weighted by Crippen LogP contribution is -2.36. The minimum Gasteiger partial charge on any atom is -0.369 e. The molecule has 1 amide bonds. The number of hydrogen-bond acceptors (Lipinski definition) is 9.